The highest BCUT2D eigenvalue weighted by Crippen LogP contribution is 2.54. The van der Waals surface area contributed by atoms with Gasteiger partial charge in [-0.05, 0) is 101 Å². The maximum atomic E-state index is 2.44. The zero-order valence-electron chi connectivity index (χ0n) is 28.0. The standard InChI is InChI=1S/C48H35N/c1-48(2)41-21-11-9-19-37(41)47-38(20-13-22-42(47)48)46-35-18-8-7-17-34(35)45(36-26-24-31(28-40(36)46)30-14-5-4-6-15-30)32-25-27-44-39(29-32)33-16-10-12-23-43(33)49(44)3/h4-29H,1-3H3. The van der Waals surface area contributed by atoms with Crippen LogP contribution < -0.4 is 0 Å². The van der Waals surface area contributed by atoms with E-state index in [2.05, 4.69) is 183 Å². The van der Waals surface area contributed by atoms with Crippen LogP contribution in [0.2, 0.25) is 0 Å². The summed E-state index contributed by atoms with van der Waals surface area (Å²) >= 11 is 0. The molecule has 0 unspecified atom stereocenters. The van der Waals surface area contributed by atoms with E-state index in [0.717, 1.165) is 0 Å². The lowest BCUT2D eigenvalue weighted by Crippen LogP contribution is -2.14. The molecule has 0 aliphatic heterocycles. The van der Waals surface area contributed by atoms with Gasteiger partial charge in [-0.1, -0.05) is 147 Å². The van der Waals surface area contributed by atoms with E-state index in [1.165, 1.54) is 99.0 Å². The lowest BCUT2D eigenvalue weighted by molar-refractivity contribution is 0.660. The summed E-state index contributed by atoms with van der Waals surface area (Å²) in [6, 6.07) is 58.8. The van der Waals surface area contributed by atoms with Gasteiger partial charge in [0.2, 0.25) is 0 Å². The van der Waals surface area contributed by atoms with Crippen molar-refractivity contribution in [3.63, 3.8) is 0 Å². The van der Waals surface area contributed by atoms with Crippen molar-refractivity contribution in [2.75, 3.05) is 0 Å². The van der Waals surface area contributed by atoms with Gasteiger partial charge in [-0.2, -0.15) is 0 Å². The average molecular weight is 626 g/mol. The van der Waals surface area contributed by atoms with Crippen LogP contribution >= 0.6 is 0 Å². The number of aryl methyl sites for hydroxylation is 1. The van der Waals surface area contributed by atoms with Crippen LogP contribution in [0.25, 0.3) is 87.9 Å². The third-order valence-corrected chi connectivity index (χ3v) is 11.2. The second kappa shape index (κ2) is 10.3. The van der Waals surface area contributed by atoms with E-state index in [9.17, 15) is 0 Å². The predicted molar refractivity (Wildman–Crippen MR) is 209 cm³/mol. The van der Waals surface area contributed by atoms with Crippen molar-refractivity contribution in [2.24, 2.45) is 7.05 Å². The highest BCUT2D eigenvalue weighted by atomic mass is 14.9. The normalized spacial score (nSPS) is 13.4. The van der Waals surface area contributed by atoms with Crippen molar-refractivity contribution in [3.05, 3.63) is 169 Å². The molecule has 49 heavy (non-hydrogen) atoms. The molecular formula is C48H35N. The summed E-state index contributed by atoms with van der Waals surface area (Å²) in [6.45, 7) is 4.75. The molecule has 1 aliphatic carbocycles. The number of para-hydroxylation sites is 1. The number of aromatic nitrogens is 1. The zero-order valence-corrected chi connectivity index (χ0v) is 28.0. The molecule has 0 fully saturated rings. The third-order valence-electron chi connectivity index (χ3n) is 11.2. The fourth-order valence-corrected chi connectivity index (χ4v) is 8.88. The number of hydrogen-bond donors (Lipinski definition) is 0. The van der Waals surface area contributed by atoms with Crippen molar-refractivity contribution >= 4 is 43.4 Å². The molecule has 0 spiro atoms. The summed E-state index contributed by atoms with van der Waals surface area (Å²) in [5.41, 5.74) is 15.5. The summed E-state index contributed by atoms with van der Waals surface area (Å²) < 4.78 is 2.31. The Hall–Kier alpha value is -5.92. The molecule has 0 saturated heterocycles. The molecular weight excluding hydrogens is 591 g/mol. The first-order valence-corrected chi connectivity index (χ1v) is 17.3. The lowest BCUT2D eigenvalue weighted by Gasteiger charge is -2.23. The second-order valence-electron chi connectivity index (χ2n) is 14.1. The summed E-state index contributed by atoms with van der Waals surface area (Å²) in [5, 5.41) is 7.70. The molecule has 1 aliphatic rings. The number of nitrogens with zero attached hydrogens (tertiary/aromatic N) is 1. The Kier molecular flexibility index (Phi) is 5.91. The number of rotatable bonds is 3. The number of fused-ring (bicyclic) bond motifs is 8. The molecule has 1 heterocycles. The molecule has 10 rings (SSSR count). The second-order valence-corrected chi connectivity index (χ2v) is 14.1. The van der Waals surface area contributed by atoms with E-state index < -0.39 is 0 Å². The van der Waals surface area contributed by atoms with Crippen molar-refractivity contribution in [3.8, 4) is 44.5 Å². The summed E-state index contributed by atoms with van der Waals surface area (Å²) in [5.74, 6) is 0. The summed E-state index contributed by atoms with van der Waals surface area (Å²) in [7, 11) is 2.17. The van der Waals surface area contributed by atoms with Gasteiger partial charge < -0.3 is 4.57 Å². The molecule has 1 heteroatoms. The van der Waals surface area contributed by atoms with Crippen molar-refractivity contribution in [2.45, 2.75) is 19.3 Å². The van der Waals surface area contributed by atoms with Gasteiger partial charge in [0.05, 0.1) is 0 Å². The van der Waals surface area contributed by atoms with Gasteiger partial charge in [-0.25, -0.2) is 0 Å². The molecule has 0 radical (unpaired) electrons. The van der Waals surface area contributed by atoms with Gasteiger partial charge in [0.1, 0.15) is 0 Å². The van der Waals surface area contributed by atoms with Gasteiger partial charge in [-0.3, -0.25) is 0 Å². The van der Waals surface area contributed by atoms with Crippen LogP contribution in [0.5, 0.6) is 0 Å². The van der Waals surface area contributed by atoms with Crippen molar-refractivity contribution in [1.82, 2.24) is 4.57 Å². The molecule has 232 valence electrons. The van der Waals surface area contributed by atoms with Crippen LogP contribution in [0.1, 0.15) is 25.0 Å². The number of hydrogen-bond acceptors (Lipinski definition) is 0. The van der Waals surface area contributed by atoms with E-state index in [4.69, 9.17) is 0 Å². The van der Waals surface area contributed by atoms with Crippen LogP contribution in [0.4, 0.5) is 0 Å². The van der Waals surface area contributed by atoms with Gasteiger partial charge in [-0.15, -0.1) is 0 Å². The largest absolute Gasteiger partial charge is 0.344 e. The molecule has 0 bridgehead atoms. The fraction of sp³-hybridized carbons (Fsp3) is 0.0833. The Balaban J connectivity index is 1.36. The quantitative estimate of drug-likeness (QED) is 0.172. The van der Waals surface area contributed by atoms with Gasteiger partial charge in [0.25, 0.3) is 0 Å². The Labute approximate surface area is 286 Å². The highest BCUT2D eigenvalue weighted by molar-refractivity contribution is 6.24. The van der Waals surface area contributed by atoms with Gasteiger partial charge >= 0.3 is 0 Å². The first-order chi connectivity index (χ1) is 24.0. The van der Waals surface area contributed by atoms with Crippen LogP contribution in [-0.4, -0.2) is 4.57 Å². The van der Waals surface area contributed by atoms with E-state index >= 15 is 0 Å². The highest BCUT2D eigenvalue weighted by Gasteiger charge is 2.37. The molecule has 8 aromatic carbocycles. The topological polar surface area (TPSA) is 4.93 Å². The fourth-order valence-electron chi connectivity index (χ4n) is 8.88. The van der Waals surface area contributed by atoms with Crippen molar-refractivity contribution < 1.29 is 0 Å². The SMILES string of the molecule is Cn1c2ccccc2c2cc(-c3c4ccccc4c(-c4cccc5c4-c4ccccc4C5(C)C)c4cc(-c5ccccc5)ccc34)ccc21. The predicted octanol–water partition coefficient (Wildman–Crippen LogP) is 12.9. The van der Waals surface area contributed by atoms with Gasteiger partial charge in [0.15, 0.2) is 0 Å². The molecule has 1 aromatic heterocycles. The van der Waals surface area contributed by atoms with Crippen molar-refractivity contribution in [1.29, 1.82) is 0 Å². The summed E-state index contributed by atoms with van der Waals surface area (Å²) in [4.78, 5) is 0. The molecule has 9 aromatic rings. The average Bonchev–Trinajstić information content (AvgIpc) is 3.57. The molecule has 0 atom stereocenters. The Morgan fingerprint density at radius 1 is 0.367 bits per heavy atom. The minimum atomic E-state index is -0.0729. The Bertz CT molecular complexity index is 2790. The van der Waals surface area contributed by atoms with E-state index in [1.54, 1.807) is 0 Å². The summed E-state index contributed by atoms with van der Waals surface area (Å²) in [6.07, 6.45) is 0. The van der Waals surface area contributed by atoms with E-state index in [-0.39, 0.29) is 5.41 Å². The molecule has 0 N–H and O–H groups in total. The monoisotopic (exact) mass is 625 g/mol. The zero-order chi connectivity index (χ0) is 32.9. The first-order valence-electron chi connectivity index (χ1n) is 17.3. The van der Waals surface area contributed by atoms with Crippen LogP contribution in [0.15, 0.2) is 158 Å². The van der Waals surface area contributed by atoms with Gasteiger partial charge in [0, 0.05) is 34.3 Å². The first kappa shape index (κ1) is 28.1. The van der Waals surface area contributed by atoms with Crippen LogP contribution in [0.3, 0.4) is 0 Å². The molecule has 0 amide bonds. The maximum absolute atomic E-state index is 2.44. The molecule has 0 saturated carbocycles. The smallest absolute Gasteiger partial charge is 0.0489 e. The lowest BCUT2D eigenvalue weighted by atomic mass is 9.80. The Morgan fingerprint density at radius 2 is 0.959 bits per heavy atom. The number of benzene rings is 8. The van der Waals surface area contributed by atoms with Crippen LogP contribution in [-0.2, 0) is 12.5 Å². The maximum Gasteiger partial charge on any atom is 0.0489 e. The minimum Gasteiger partial charge on any atom is -0.344 e. The Morgan fingerprint density at radius 3 is 1.80 bits per heavy atom. The van der Waals surface area contributed by atoms with Crippen LogP contribution in [0, 0.1) is 0 Å². The van der Waals surface area contributed by atoms with E-state index in [1.807, 2.05) is 0 Å². The third kappa shape index (κ3) is 3.93. The van der Waals surface area contributed by atoms with E-state index in [0.29, 0.717) is 0 Å². The minimum absolute atomic E-state index is 0.0729. The molecule has 1 nitrogen and oxygen atoms in total.